The van der Waals surface area contributed by atoms with Gasteiger partial charge in [-0.2, -0.15) is 0 Å². The van der Waals surface area contributed by atoms with Gasteiger partial charge in [0.2, 0.25) is 0 Å². The number of rotatable bonds is 4. The van der Waals surface area contributed by atoms with Crippen molar-refractivity contribution in [2.24, 2.45) is 0 Å². The molecule has 0 unspecified atom stereocenters. The van der Waals surface area contributed by atoms with Crippen molar-refractivity contribution in [2.45, 2.75) is 20.3 Å². The van der Waals surface area contributed by atoms with Crippen molar-refractivity contribution in [1.29, 1.82) is 0 Å². The Hall–Kier alpha value is -2.20. The van der Waals surface area contributed by atoms with E-state index < -0.39 is 0 Å². The number of hydrogen-bond acceptors (Lipinski definition) is 2. The van der Waals surface area contributed by atoms with Crippen molar-refractivity contribution in [2.75, 3.05) is 37.6 Å². The fraction of sp³-hybridized carbons (Fsp3) is 0.381. The van der Waals surface area contributed by atoms with E-state index in [1.165, 1.54) is 16.8 Å². The maximum Gasteiger partial charge on any atom is 0.317 e. The van der Waals surface area contributed by atoms with Crippen LogP contribution in [0.15, 0.2) is 42.5 Å². The average Bonchev–Trinajstić information content (AvgIpc) is 2.62. The Balaban J connectivity index is 1.46. The molecule has 1 N–H and O–H groups in total. The van der Waals surface area contributed by atoms with Crippen molar-refractivity contribution >= 4 is 23.3 Å². The van der Waals surface area contributed by atoms with Crippen LogP contribution < -0.4 is 10.2 Å². The minimum Gasteiger partial charge on any atom is -0.368 e. The molecule has 0 radical (unpaired) electrons. The number of nitrogens with one attached hydrogen (secondary N) is 1. The Morgan fingerprint density at radius 3 is 2.54 bits per heavy atom. The highest BCUT2D eigenvalue weighted by atomic mass is 35.5. The van der Waals surface area contributed by atoms with Crippen molar-refractivity contribution < 1.29 is 4.79 Å². The summed E-state index contributed by atoms with van der Waals surface area (Å²) in [5.41, 5.74) is 4.99. The van der Waals surface area contributed by atoms with Crippen LogP contribution in [-0.2, 0) is 6.42 Å². The Kier molecular flexibility index (Phi) is 6.04. The SMILES string of the molecule is Cc1ccc(N2CCN(C(=O)NCCc3cccc(Cl)c3)CC2)c(C)c1. The normalized spacial score (nSPS) is 14.4. The largest absolute Gasteiger partial charge is 0.368 e. The molecule has 0 spiro atoms. The molecule has 2 aromatic rings. The predicted octanol–water partition coefficient (Wildman–Crippen LogP) is 4.03. The number of aryl methyl sites for hydroxylation is 2. The molecule has 0 aliphatic carbocycles. The highest BCUT2D eigenvalue weighted by molar-refractivity contribution is 6.30. The van der Waals surface area contributed by atoms with Crippen molar-refractivity contribution in [3.05, 3.63) is 64.2 Å². The molecule has 0 bridgehead atoms. The van der Waals surface area contributed by atoms with E-state index in [0.717, 1.165) is 43.2 Å². The monoisotopic (exact) mass is 371 g/mol. The minimum absolute atomic E-state index is 0.0207. The Morgan fingerprint density at radius 1 is 1.08 bits per heavy atom. The van der Waals surface area contributed by atoms with Crippen LogP contribution in [0.3, 0.4) is 0 Å². The molecular formula is C21H26ClN3O. The summed E-state index contributed by atoms with van der Waals surface area (Å²) in [6, 6.07) is 14.3. The summed E-state index contributed by atoms with van der Waals surface area (Å²) in [4.78, 5) is 16.6. The van der Waals surface area contributed by atoms with Gasteiger partial charge in [0.25, 0.3) is 0 Å². The van der Waals surface area contributed by atoms with Crippen LogP contribution in [0.2, 0.25) is 5.02 Å². The fourth-order valence-corrected chi connectivity index (χ4v) is 3.64. The molecule has 2 aromatic carbocycles. The Labute approximate surface area is 160 Å². The number of urea groups is 1. The van der Waals surface area contributed by atoms with Gasteiger partial charge in [-0.25, -0.2) is 4.79 Å². The molecule has 5 heteroatoms. The topological polar surface area (TPSA) is 35.6 Å². The molecule has 1 saturated heterocycles. The Morgan fingerprint density at radius 2 is 1.85 bits per heavy atom. The summed E-state index contributed by atoms with van der Waals surface area (Å²) < 4.78 is 0. The fourth-order valence-electron chi connectivity index (χ4n) is 3.43. The van der Waals surface area contributed by atoms with Gasteiger partial charge < -0.3 is 15.1 Å². The van der Waals surface area contributed by atoms with Gasteiger partial charge in [-0.1, -0.05) is 41.4 Å². The van der Waals surface area contributed by atoms with E-state index >= 15 is 0 Å². The number of piperazine rings is 1. The number of nitrogens with zero attached hydrogens (tertiary/aromatic N) is 2. The van der Waals surface area contributed by atoms with E-state index in [-0.39, 0.29) is 6.03 Å². The number of hydrogen-bond donors (Lipinski definition) is 1. The first-order chi connectivity index (χ1) is 12.5. The first kappa shape index (κ1) is 18.6. The van der Waals surface area contributed by atoms with Gasteiger partial charge in [0.15, 0.2) is 0 Å². The summed E-state index contributed by atoms with van der Waals surface area (Å²) in [5.74, 6) is 0. The van der Waals surface area contributed by atoms with Gasteiger partial charge in [0.1, 0.15) is 0 Å². The van der Waals surface area contributed by atoms with E-state index in [2.05, 4.69) is 42.3 Å². The van der Waals surface area contributed by atoms with Crippen LogP contribution in [0, 0.1) is 13.8 Å². The minimum atomic E-state index is 0.0207. The molecule has 3 rings (SSSR count). The smallest absolute Gasteiger partial charge is 0.317 e. The number of carbonyl (C=O) groups excluding carboxylic acids is 1. The zero-order valence-electron chi connectivity index (χ0n) is 15.5. The highest BCUT2D eigenvalue weighted by Crippen LogP contribution is 2.22. The molecule has 0 aromatic heterocycles. The molecule has 1 aliphatic heterocycles. The second-order valence-electron chi connectivity index (χ2n) is 6.88. The lowest BCUT2D eigenvalue weighted by Gasteiger charge is -2.36. The molecular weight excluding hydrogens is 346 g/mol. The molecule has 4 nitrogen and oxygen atoms in total. The molecule has 26 heavy (non-hydrogen) atoms. The van der Waals surface area contributed by atoms with E-state index in [4.69, 9.17) is 11.6 Å². The lowest BCUT2D eigenvalue weighted by molar-refractivity contribution is 0.194. The van der Waals surface area contributed by atoms with Gasteiger partial charge in [0, 0.05) is 43.4 Å². The maximum absolute atomic E-state index is 12.4. The maximum atomic E-state index is 12.4. The van der Waals surface area contributed by atoms with Crippen LogP contribution in [0.5, 0.6) is 0 Å². The standard InChI is InChI=1S/C21H26ClN3O/c1-16-6-7-20(17(2)14-16)24-10-12-25(13-11-24)21(26)23-9-8-18-4-3-5-19(22)15-18/h3-7,14-15H,8-13H2,1-2H3,(H,23,26). The Bertz CT molecular complexity index is 770. The first-order valence-electron chi connectivity index (χ1n) is 9.12. The van der Waals surface area contributed by atoms with Gasteiger partial charge in [-0.15, -0.1) is 0 Å². The number of benzene rings is 2. The van der Waals surface area contributed by atoms with Crippen molar-refractivity contribution in [1.82, 2.24) is 10.2 Å². The van der Waals surface area contributed by atoms with Gasteiger partial charge in [0.05, 0.1) is 0 Å². The molecule has 1 aliphatic rings. The number of carbonyl (C=O) groups is 1. The third-order valence-electron chi connectivity index (χ3n) is 4.84. The van der Waals surface area contributed by atoms with Crippen molar-refractivity contribution in [3.63, 3.8) is 0 Å². The summed E-state index contributed by atoms with van der Waals surface area (Å²) in [6.07, 6.45) is 0.787. The van der Waals surface area contributed by atoms with E-state index in [9.17, 15) is 4.79 Å². The molecule has 1 fully saturated rings. The summed E-state index contributed by atoms with van der Waals surface area (Å²) in [6.45, 7) is 8.11. The van der Waals surface area contributed by atoms with Crippen LogP contribution in [0.4, 0.5) is 10.5 Å². The van der Waals surface area contributed by atoms with E-state index in [0.29, 0.717) is 6.54 Å². The predicted molar refractivity (Wildman–Crippen MR) is 108 cm³/mol. The van der Waals surface area contributed by atoms with Crippen LogP contribution in [0.25, 0.3) is 0 Å². The summed E-state index contributed by atoms with van der Waals surface area (Å²) in [5, 5.41) is 3.75. The third kappa shape index (κ3) is 4.70. The zero-order valence-corrected chi connectivity index (χ0v) is 16.2. The molecule has 2 amide bonds. The van der Waals surface area contributed by atoms with Crippen LogP contribution in [-0.4, -0.2) is 43.7 Å². The number of halogens is 1. The second kappa shape index (κ2) is 8.45. The molecule has 0 saturated carbocycles. The lowest BCUT2D eigenvalue weighted by atomic mass is 10.1. The quantitative estimate of drug-likeness (QED) is 0.880. The van der Waals surface area contributed by atoms with Gasteiger partial charge >= 0.3 is 6.03 Å². The van der Waals surface area contributed by atoms with Crippen molar-refractivity contribution in [3.8, 4) is 0 Å². The highest BCUT2D eigenvalue weighted by Gasteiger charge is 2.21. The van der Waals surface area contributed by atoms with Crippen LogP contribution in [0.1, 0.15) is 16.7 Å². The van der Waals surface area contributed by atoms with E-state index in [1.807, 2.05) is 29.2 Å². The molecule has 0 atom stereocenters. The van der Waals surface area contributed by atoms with Gasteiger partial charge in [-0.3, -0.25) is 0 Å². The third-order valence-corrected chi connectivity index (χ3v) is 5.07. The summed E-state index contributed by atoms with van der Waals surface area (Å²) in [7, 11) is 0. The second-order valence-corrected chi connectivity index (χ2v) is 7.31. The number of anilines is 1. The zero-order chi connectivity index (χ0) is 18.5. The molecule has 138 valence electrons. The lowest BCUT2D eigenvalue weighted by Crippen LogP contribution is -2.52. The van der Waals surface area contributed by atoms with Gasteiger partial charge in [-0.05, 0) is 49.6 Å². The van der Waals surface area contributed by atoms with Crippen LogP contribution >= 0.6 is 11.6 Å². The first-order valence-corrected chi connectivity index (χ1v) is 9.50. The average molecular weight is 372 g/mol. The number of amides is 2. The molecule has 1 heterocycles. The summed E-state index contributed by atoms with van der Waals surface area (Å²) >= 11 is 5.99. The van der Waals surface area contributed by atoms with E-state index in [1.54, 1.807) is 0 Å².